The number of carboxylic acids is 3. The van der Waals surface area contributed by atoms with E-state index in [1.165, 1.54) is 24.3 Å². The van der Waals surface area contributed by atoms with E-state index in [0.29, 0.717) is 58.9 Å². The molecule has 0 bridgehead atoms. The third-order valence-electron chi connectivity index (χ3n) is 16.0. The lowest BCUT2D eigenvalue weighted by Gasteiger charge is -2.28. The maximum atomic E-state index is 12.6. The molecule has 0 radical (unpaired) electrons. The van der Waals surface area contributed by atoms with Gasteiger partial charge in [-0.15, -0.1) is 0 Å². The molecule has 546 valence electrons. The number of aliphatic carboxylic acids is 3. The van der Waals surface area contributed by atoms with E-state index in [9.17, 15) is 67.0 Å². The van der Waals surface area contributed by atoms with Crippen LogP contribution in [0.5, 0.6) is 5.75 Å². The van der Waals surface area contributed by atoms with Gasteiger partial charge in [-0.2, -0.15) is 9.44 Å². The minimum atomic E-state index is -4.22. The number of nitrogens with one attached hydrogen (secondary N) is 2. The number of carboxylic acid groups (broad SMARTS) is 3. The number of sulfonamides is 2. The van der Waals surface area contributed by atoms with Crippen molar-refractivity contribution < 1.29 is 87.0 Å². The minimum absolute atomic E-state index is 0.0261. The zero-order valence-electron chi connectivity index (χ0n) is 56.9. The van der Waals surface area contributed by atoms with Crippen LogP contribution in [0.1, 0.15) is 59.1 Å². The quantitative estimate of drug-likeness (QED) is 0.0346. The van der Waals surface area contributed by atoms with Crippen molar-refractivity contribution in [1.82, 2.24) is 53.5 Å². The summed E-state index contributed by atoms with van der Waals surface area (Å²) in [7, 11) is -8.09. The Hall–Kier alpha value is -4.95. The van der Waals surface area contributed by atoms with E-state index in [0.717, 1.165) is 135 Å². The summed E-state index contributed by atoms with van der Waals surface area (Å²) in [6, 6.07) is 20.2. The number of carbonyl (C=O) groups is 3. The van der Waals surface area contributed by atoms with Crippen molar-refractivity contribution in [3.8, 4) is 5.75 Å². The molecule has 3 fully saturated rings. The third kappa shape index (κ3) is 35.2. The molecule has 3 heterocycles. The molecular weight excluding hydrogens is 1290 g/mol. The molecule has 0 amide bonds. The van der Waals surface area contributed by atoms with Gasteiger partial charge < -0.3 is 55.8 Å². The molecule has 1 unspecified atom stereocenters. The Morgan fingerprint density at radius 2 is 0.698 bits per heavy atom. The van der Waals surface area contributed by atoms with Crippen LogP contribution in [-0.4, -0.2) is 355 Å². The molecule has 3 aliphatic heterocycles. The van der Waals surface area contributed by atoms with Crippen molar-refractivity contribution in [3.05, 3.63) is 90.0 Å². The molecular formula is C65H111N11O18S2. The lowest BCUT2D eigenvalue weighted by molar-refractivity contribution is -0.145. The van der Waals surface area contributed by atoms with Gasteiger partial charge in [-0.05, 0) is 89.1 Å². The van der Waals surface area contributed by atoms with Crippen LogP contribution in [0.15, 0.2) is 88.7 Å². The van der Waals surface area contributed by atoms with Crippen molar-refractivity contribution in [2.45, 2.75) is 120 Å². The van der Waals surface area contributed by atoms with E-state index in [1.807, 2.05) is 53.6 Å². The lowest BCUT2D eigenvalue weighted by atomic mass is 10.2. The van der Waals surface area contributed by atoms with Crippen molar-refractivity contribution in [3.63, 3.8) is 0 Å². The number of nitrogens with zero attached hydrogens (tertiary/aromatic N) is 9. The van der Waals surface area contributed by atoms with Gasteiger partial charge in [0.05, 0.1) is 52.8 Å². The fourth-order valence-electron chi connectivity index (χ4n) is 11.4. The molecule has 3 aliphatic rings. The van der Waals surface area contributed by atoms with Gasteiger partial charge in [-0.25, -0.2) is 16.8 Å². The molecule has 12 N–H and O–H groups in total. The highest BCUT2D eigenvalue weighted by molar-refractivity contribution is 7.89. The highest BCUT2D eigenvalue weighted by atomic mass is 32.2. The molecule has 3 aromatic rings. The molecule has 31 heteroatoms. The second-order valence-corrected chi connectivity index (χ2v) is 29.1. The van der Waals surface area contributed by atoms with E-state index < -0.39 is 87.5 Å². The van der Waals surface area contributed by atoms with Crippen molar-refractivity contribution in [2.24, 2.45) is 0 Å². The summed E-state index contributed by atoms with van der Waals surface area (Å²) in [5.74, 6) is -3.48. The van der Waals surface area contributed by atoms with Gasteiger partial charge in [-0.1, -0.05) is 42.5 Å². The number of hydrogen-bond donors (Lipinski definition) is 12. The predicted octanol–water partition coefficient (Wildman–Crippen LogP) is -1.59. The second kappa shape index (κ2) is 43.6. The van der Waals surface area contributed by atoms with Crippen LogP contribution in [0.4, 0.5) is 0 Å². The zero-order chi connectivity index (χ0) is 71.0. The van der Waals surface area contributed by atoms with E-state index in [-0.39, 0.29) is 28.6 Å². The number of aliphatic hydroxyl groups excluding tert-OH is 7. The fraction of sp³-hybridized carbons (Fsp3) is 0.677. The Kier molecular flexibility index (Phi) is 37.9. The predicted molar refractivity (Wildman–Crippen MR) is 363 cm³/mol. The summed E-state index contributed by atoms with van der Waals surface area (Å²) in [5, 5.41) is 95.9. The monoisotopic (exact) mass is 1400 g/mol. The molecule has 96 heavy (non-hydrogen) atoms. The van der Waals surface area contributed by atoms with E-state index in [4.69, 9.17) is 20.1 Å². The first-order chi connectivity index (χ1) is 45.3. The van der Waals surface area contributed by atoms with Crippen molar-refractivity contribution in [2.75, 3.05) is 177 Å². The summed E-state index contributed by atoms with van der Waals surface area (Å²) in [5.41, 5.74) is 1.81. The fourth-order valence-corrected chi connectivity index (χ4v) is 13.5. The number of ether oxygens (including phenoxy) is 1. The maximum absolute atomic E-state index is 12.6. The number of aliphatic hydroxyl groups is 7. The van der Waals surface area contributed by atoms with Crippen LogP contribution in [0.2, 0.25) is 0 Å². The smallest absolute Gasteiger partial charge is 0.322 e. The third-order valence-corrected chi connectivity index (χ3v) is 19.0. The molecule has 8 atom stereocenters. The van der Waals surface area contributed by atoms with Gasteiger partial charge in [0.25, 0.3) is 0 Å². The molecule has 6 rings (SSSR count). The van der Waals surface area contributed by atoms with Gasteiger partial charge in [-0.3, -0.25) is 58.5 Å². The van der Waals surface area contributed by atoms with Gasteiger partial charge in [0, 0.05) is 177 Å². The highest BCUT2D eigenvalue weighted by Gasteiger charge is 2.29. The standard InChI is InChI=1S/C23H38N4O8S.C21H36N4O6S.C21H37N3O4/c1-17(28)14-25-7-8-26(15-18(2)29)10-12-27(11-9-25)16-19-3-5-20(6-4-19)36(34,35)24-21(23(32)33)13-22(30)31;1-17(26)14-23-7-8-24(15-18(2)27)10-12-25(11-9-23)16-19-3-5-20(6-4-19)32(30,31)22-13-21(28)29;1-18(25)14-22-8-9-23(15-19(2)26)11-13-24(12-10-22)16-20(27)17-28-21-6-4-3-5-7-21/h3-6,17-18,21,24,28-29H,7-16H2,1-2H3,(H,30,31)(H,32,33);3-6,17-18,22,26-27H,7-16H2,1-2H3,(H,28,29);3-7,18-20,25-27H,8-17H2,1-2H3/t17-,18-,21?;17-,18-;18-,19-,20+/m000/s1. The average molecular weight is 1400 g/mol. The molecule has 3 saturated heterocycles. The topological polar surface area (TPSA) is 384 Å². The maximum Gasteiger partial charge on any atom is 0.322 e. The first kappa shape index (κ1) is 83.5. The van der Waals surface area contributed by atoms with Crippen molar-refractivity contribution >= 4 is 38.0 Å². The van der Waals surface area contributed by atoms with Gasteiger partial charge >= 0.3 is 17.9 Å². The molecule has 0 aliphatic carbocycles. The Labute approximate surface area is 568 Å². The SMILES string of the molecule is C[C@H](O)CN1CCN(C[C@@H](O)COc2ccccc2)CCN(C[C@H](C)O)CC1.C[C@H](O)CN1CCN(Cc2ccc(S(=O)(=O)NC(CC(=O)O)C(=O)O)cc2)CCN(C[C@H](C)O)CC1.C[C@H](O)CN1CCN(Cc2ccc(S(=O)(=O)NCC(=O)O)cc2)CCN(C[C@H](C)O)CC1. The van der Waals surface area contributed by atoms with Gasteiger partial charge in [0.2, 0.25) is 20.0 Å². The Morgan fingerprint density at radius 3 is 0.979 bits per heavy atom. The van der Waals surface area contributed by atoms with Crippen LogP contribution < -0.4 is 14.2 Å². The Balaban J connectivity index is 0.000000309. The first-order valence-corrected chi connectivity index (χ1v) is 36.1. The number of hydrogen-bond acceptors (Lipinski definition) is 24. The van der Waals surface area contributed by atoms with E-state index in [2.05, 4.69) is 44.1 Å². The van der Waals surface area contributed by atoms with E-state index >= 15 is 0 Å². The molecule has 0 spiro atoms. The van der Waals surface area contributed by atoms with Gasteiger partial charge in [0.1, 0.15) is 31.0 Å². The summed E-state index contributed by atoms with van der Waals surface area (Å²) in [4.78, 5) is 52.7. The number of benzene rings is 3. The summed E-state index contributed by atoms with van der Waals surface area (Å²) in [6.45, 7) is 30.0. The molecule has 0 aromatic heterocycles. The number of β-amino-alcohol motifs (C(OH)–C–C–N with tert-alkyl or cyclic N) is 7. The first-order valence-electron chi connectivity index (χ1n) is 33.1. The average Bonchev–Trinajstić information content (AvgIpc) is 0.926. The largest absolute Gasteiger partial charge is 0.491 e. The highest BCUT2D eigenvalue weighted by Crippen LogP contribution is 2.17. The molecule has 29 nitrogen and oxygen atoms in total. The summed E-state index contributed by atoms with van der Waals surface area (Å²) in [6.07, 6.45) is -3.94. The van der Waals surface area contributed by atoms with Crippen LogP contribution >= 0.6 is 0 Å². The Morgan fingerprint density at radius 1 is 0.406 bits per heavy atom. The van der Waals surface area contributed by atoms with Gasteiger partial charge in [0.15, 0.2) is 0 Å². The lowest BCUT2D eigenvalue weighted by Crippen LogP contribution is -2.42. The minimum Gasteiger partial charge on any atom is -0.491 e. The molecule has 0 saturated carbocycles. The number of para-hydroxylation sites is 1. The Bertz CT molecular complexity index is 2840. The van der Waals surface area contributed by atoms with Crippen LogP contribution in [0.25, 0.3) is 0 Å². The van der Waals surface area contributed by atoms with E-state index in [1.54, 1.807) is 52.0 Å². The second-order valence-electron chi connectivity index (χ2n) is 25.6. The van der Waals surface area contributed by atoms with Crippen molar-refractivity contribution in [1.29, 1.82) is 0 Å². The number of rotatable bonds is 31. The molecule has 3 aromatic carbocycles. The van der Waals surface area contributed by atoms with Crippen LogP contribution in [-0.2, 0) is 47.5 Å². The zero-order valence-corrected chi connectivity index (χ0v) is 58.6. The van der Waals surface area contributed by atoms with Crippen LogP contribution in [0.3, 0.4) is 0 Å². The normalized spacial score (nSPS) is 20.1. The van der Waals surface area contributed by atoms with Crippen LogP contribution in [0, 0.1) is 0 Å². The summed E-state index contributed by atoms with van der Waals surface area (Å²) >= 11 is 0. The summed E-state index contributed by atoms with van der Waals surface area (Å²) < 4.78 is 59.1.